The van der Waals surface area contributed by atoms with Gasteiger partial charge in [0.2, 0.25) is 17.7 Å². The average molecular weight is 309 g/mol. The molecule has 1 aliphatic rings. The molecule has 9 heteroatoms. The van der Waals surface area contributed by atoms with Crippen LogP contribution in [0, 0.1) is 0 Å². The third-order valence-corrected chi connectivity index (χ3v) is 2.05. The lowest BCUT2D eigenvalue weighted by Gasteiger charge is -1.97. The maximum Gasteiger partial charge on any atom is 0.250 e. The Kier molecular flexibility index (Phi) is 8.72. The number of hydrogen-bond donors (Lipinski definition) is 4. The quantitative estimate of drug-likeness (QED) is 0.325. The lowest BCUT2D eigenvalue weighted by Crippen LogP contribution is -2.18. The number of aromatic nitrogens is 1. The van der Waals surface area contributed by atoms with Gasteiger partial charge in [-0.05, 0) is 26.0 Å². The van der Waals surface area contributed by atoms with E-state index in [2.05, 4.69) is 15.7 Å². The molecular weight excluding hydrogens is 290 g/mol. The SMILES string of the molecule is CC(C)=O.NNc1ccc(C(N)=O)cn1.O=C1CCC(=O)N1. The number of ketones is 1. The average Bonchev–Trinajstić information content (AvgIpc) is 2.82. The minimum atomic E-state index is -0.499. The molecule has 120 valence electrons. The van der Waals surface area contributed by atoms with Crippen LogP contribution in [0.15, 0.2) is 18.3 Å². The van der Waals surface area contributed by atoms with Gasteiger partial charge in [0.1, 0.15) is 11.6 Å². The van der Waals surface area contributed by atoms with Crippen molar-refractivity contribution >= 4 is 29.3 Å². The molecule has 0 atom stereocenters. The van der Waals surface area contributed by atoms with E-state index in [0.717, 1.165) is 0 Å². The van der Waals surface area contributed by atoms with Gasteiger partial charge < -0.3 is 16.0 Å². The van der Waals surface area contributed by atoms with Crippen LogP contribution < -0.4 is 22.3 Å². The number of anilines is 1. The second-order valence-corrected chi connectivity index (χ2v) is 4.32. The Morgan fingerprint density at radius 1 is 1.18 bits per heavy atom. The molecule has 3 amide bonds. The molecule has 0 aromatic carbocycles. The van der Waals surface area contributed by atoms with E-state index < -0.39 is 5.91 Å². The molecule has 2 rings (SSSR count). The number of rotatable bonds is 2. The highest BCUT2D eigenvalue weighted by Gasteiger charge is 2.15. The molecule has 0 unspecified atom stereocenters. The van der Waals surface area contributed by atoms with Gasteiger partial charge in [-0.2, -0.15) is 0 Å². The summed E-state index contributed by atoms with van der Waals surface area (Å²) in [5, 5.41) is 2.14. The zero-order valence-electron chi connectivity index (χ0n) is 12.4. The monoisotopic (exact) mass is 309 g/mol. The van der Waals surface area contributed by atoms with Gasteiger partial charge in [-0.3, -0.25) is 19.7 Å². The van der Waals surface area contributed by atoms with Gasteiger partial charge in [-0.25, -0.2) is 10.8 Å². The van der Waals surface area contributed by atoms with E-state index in [1.54, 1.807) is 12.1 Å². The van der Waals surface area contributed by atoms with Gasteiger partial charge in [-0.15, -0.1) is 0 Å². The molecule has 9 nitrogen and oxygen atoms in total. The highest BCUT2D eigenvalue weighted by Crippen LogP contribution is 2.01. The van der Waals surface area contributed by atoms with Crippen LogP contribution in [0.3, 0.4) is 0 Å². The Morgan fingerprint density at radius 2 is 1.68 bits per heavy atom. The zero-order chi connectivity index (χ0) is 17.1. The lowest BCUT2D eigenvalue weighted by atomic mass is 10.3. The summed E-state index contributed by atoms with van der Waals surface area (Å²) in [6.07, 6.45) is 2.11. The van der Waals surface area contributed by atoms with Crippen LogP contribution in [0.1, 0.15) is 37.0 Å². The molecule has 1 aliphatic heterocycles. The fourth-order valence-corrected chi connectivity index (χ4v) is 1.13. The normalized spacial score (nSPS) is 12.1. The van der Waals surface area contributed by atoms with Crippen molar-refractivity contribution in [2.24, 2.45) is 11.6 Å². The lowest BCUT2D eigenvalue weighted by molar-refractivity contribution is -0.124. The third-order valence-electron chi connectivity index (χ3n) is 2.05. The fourth-order valence-electron chi connectivity index (χ4n) is 1.13. The third kappa shape index (κ3) is 9.15. The Bertz CT molecular complexity index is 524. The van der Waals surface area contributed by atoms with Crippen molar-refractivity contribution in [1.29, 1.82) is 0 Å². The van der Waals surface area contributed by atoms with Gasteiger partial charge in [0, 0.05) is 19.0 Å². The van der Waals surface area contributed by atoms with Gasteiger partial charge in [-0.1, -0.05) is 0 Å². The summed E-state index contributed by atoms with van der Waals surface area (Å²) in [5.74, 6) is 4.91. The van der Waals surface area contributed by atoms with E-state index >= 15 is 0 Å². The van der Waals surface area contributed by atoms with Gasteiger partial charge in [0.25, 0.3) is 0 Å². The predicted octanol–water partition coefficient (Wildman–Crippen LogP) is -0.516. The molecule has 22 heavy (non-hydrogen) atoms. The highest BCUT2D eigenvalue weighted by molar-refractivity contribution is 6.01. The van der Waals surface area contributed by atoms with Crippen LogP contribution in [0.25, 0.3) is 0 Å². The number of imide groups is 1. The van der Waals surface area contributed by atoms with E-state index in [-0.39, 0.29) is 17.6 Å². The summed E-state index contributed by atoms with van der Waals surface area (Å²) in [4.78, 5) is 44.0. The number of primary amides is 1. The van der Waals surface area contributed by atoms with Crippen molar-refractivity contribution in [3.8, 4) is 0 Å². The van der Waals surface area contributed by atoms with Crippen LogP contribution in [0.4, 0.5) is 5.82 Å². The summed E-state index contributed by atoms with van der Waals surface area (Å²) in [7, 11) is 0. The molecular formula is C13H19N5O4. The highest BCUT2D eigenvalue weighted by atomic mass is 16.2. The molecule has 1 aromatic rings. The molecule has 1 aromatic heterocycles. The predicted molar refractivity (Wildman–Crippen MR) is 79.3 cm³/mol. The van der Waals surface area contributed by atoms with Crippen molar-refractivity contribution in [1.82, 2.24) is 10.3 Å². The Morgan fingerprint density at radius 3 is 1.91 bits per heavy atom. The molecule has 1 saturated heterocycles. The first kappa shape index (κ1) is 19.2. The number of nitrogens with one attached hydrogen (secondary N) is 2. The van der Waals surface area contributed by atoms with E-state index in [0.29, 0.717) is 24.2 Å². The summed E-state index contributed by atoms with van der Waals surface area (Å²) < 4.78 is 0. The van der Waals surface area contributed by atoms with E-state index in [9.17, 15) is 19.2 Å². The van der Waals surface area contributed by atoms with Gasteiger partial charge in [0.15, 0.2) is 0 Å². The summed E-state index contributed by atoms with van der Waals surface area (Å²) in [6.45, 7) is 3.06. The zero-order valence-corrected chi connectivity index (χ0v) is 12.4. The minimum absolute atomic E-state index is 0.148. The standard InChI is InChI=1S/C6H8N4O.C4H5NO2.C3H6O/c7-6(11)4-1-2-5(10-8)9-3-4;6-3-1-2-4(7)5-3;1-3(2)4/h1-3H,8H2,(H2,7,11)(H,9,10);1-2H2,(H,5,6,7);1-2H3. The molecule has 6 N–H and O–H groups in total. The number of carbonyl (C=O) groups excluding carboxylic acids is 4. The van der Waals surface area contributed by atoms with Crippen LogP contribution in [0.2, 0.25) is 0 Å². The number of nitrogen functional groups attached to an aromatic ring is 1. The van der Waals surface area contributed by atoms with Crippen molar-refractivity contribution < 1.29 is 19.2 Å². The van der Waals surface area contributed by atoms with Crippen LogP contribution >= 0.6 is 0 Å². The number of nitrogens with zero attached hydrogens (tertiary/aromatic N) is 1. The maximum atomic E-state index is 10.5. The number of pyridine rings is 1. The molecule has 0 bridgehead atoms. The molecule has 2 heterocycles. The second-order valence-electron chi connectivity index (χ2n) is 4.32. The smallest absolute Gasteiger partial charge is 0.250 e. The van der Waals surface area contributed by atoms with E-state index in [1.807, 2.05) is 0 Å². The van der Waals surface area contributed by atoms with Crippen molar-refractivity contribution in [2.75, 3.05) is 5.43 Å². The molecule has 0 saturated carbocycles. The van der Waals surface area contributed by atoms with Crippen LogP contribution in [-0.2, 0) is 14.4 Å². The molecule has 0 radical (unpaired) electrons. The minimum Gasteiger partial charge on any atom is -0.366 e. The summed E-state index contributed by atoms with van der Waals surface area (Å²) >= 11 is 0. The summed E-state index contributed by atoms with van der Waals surface area (Å²) in [5.41, 5.74) is 7.67. The van der Waals surface area contributed by atoms with Crippen molar-refractivity contribution in [2.45, 2.75) is 26.7 Å². The number of Topliss-reactive ketones (excluding diaryl/α,β-unsaturated/α-hetero) is 1. The summed E-state index contributed by atoms with van der Waals surface area (Å²) in [6, 6.07) is 3.12. The first-order valence-corrected chi connectivity index (χ1v) is 6.28. The first-order chi connectivity index (χ1) is 10.3. The van der Waals surface area contributed by atoms with E-state index in [1.165, 1.54) is 20.0 Å². The largest absolute Gasteiger partial charge is 0.366 e. The first-order valence-electron chi connectivity index (χ1n) is 6.28. The fraction of sp³-hybridized carbons (Fsp3) is 0.308. The van der Waals surface area contributed by atoms with E-state index in [4.69, 9.17) is 11.6 Å². The van der Waals surface area contributed by atoms with Crippen molar-refractivity contribution in [3.05, 3.63) is 23.9 Å². The van der Waals surface area contributed by atoms with Gasteiger partial charge >= 0.3 is 0 Å². The number of carbonyl (C=O) groups is 4. The molecule has 0 aliphatic carbocycles. The van der Waals surface area contributed by atoms with Gasteiger partial charge in [0.05, 0.1) is 5.56 Å². The van der Waals surface area contributed by atoms with Crippen molar-refractivity contribution in [3.63, 3.8) is 0 Å². The number of hydrazine groups is 1. The Hall–Kier alpha value is -2.81. The van der Waals surface area contributed by atoms with Crippen LogP contribution in [-0.4, -0.2) is 28.5 Å². The molecule has 0 spiro atoms. The second kappa shape index (κ2) is 10.00. The topological polar surface area (TPSA) is 157 Å². The number of nitrogens with two attached hydrogens (primary N) is 2. The Balaban J connectivity index is 0.000000343. The number of amides is 3. The maximum absolute atomic E-state index is 10.5. The Labute approximate surface area is 127 Å². The van der Waals surface area contributed by atoms with Crippen LogP contribution in [0.5, 0.6) is 0 Å². The number of hydrogen-bond acceptors (Lipinski definition) is 7. The molecule has 1 fully saturated rings.